The summed E-state index contributed by atoms with van der Waals surface area (Å²) in [6.45, 7) is 5.20. The van der Waals surface area contributed by atoms with E-state index in [0.717, 1.165) is 49.3 Å². The highest BCUT2D eigenvalue weighted by Gasteiger charge is 2.20. The van der Waals surface area contributed by atoms with E-state index in [1.807, 2.05) is 46.1 Å². The third-order valence-electron chi connectivity index (χ3n) is 4.65. The summed E-state index contributed by atoms with van der Waals surface area (Å²) in [6, 6.07) is 9.75. The fourth-order valence-corrected chi connectivity index (χ4v) is 3.07. The zero-order valence-corrected chi connectivity index (χ0v) is 18.8. The molecule has 0 spiro atoms. The lowest BCUT2D eigenvalue weighted by molar-refractivity contribution is -0.130. The van der Waals surface area contributed by atoms with E-state index >= 15 is 0 Å². The van der Waals surface area contributed by atoms with Gasteiger partial charge in [-0.3, -0.25) is 9.79 Å². The summed E-state index contributed by atoms with van der Waals surface area (Å²) in [5, 5.41) is 7.97. The van der Waals surface area contributed by atoms with E-state index in [1.165, 1.54) is 0 Å². The zero-order valence-electron chi connectivity index (χ0n) is 16.5. The number of halogens is 1. The van der Waals surface area contributed by atoms with Crippen molar-refractivity contribution in [3.05, 3.63) is 42.2 Å². The SMILES string of the molecule is CN=C(NCc1ccn(-c2ccc(OC)cc2)n1)N1CCN(C(C)=O)CC1.I. The summed E-state index contributed by atoms with van der Waals surface area (Å²) in [7, 11) is 3.43. The number of nitrogens with one attached hydrogen (secondary N) is 1. The van der Waals surface area contributed by atoms with E-state index in [9.17, 15) is 4.79 Å². The highest BCUT2D eigenvalue weighted by molar-refractivity contribution is 14.0. The molecular formula is C19H27IN6O2. The molecule has 0 bridgehead atoms. The van der Waals surface area contributed by atoms with Gasteiger partial charge in [0.25, 0.3) is 0 Å². The van der Waals surface area contributed by atoms with Crippen LogP contribution in [0.25, 0.3) is 5.69 Å². The number of benzene rings is 1. The number of carbonyl (C=O) groups is 1. The fraction of sp³-hybridized carbons (Fsp3) is 0.421. The summed E-state index contributed by atoms with van der Waals surface area (Å²) in [5.74, 6) is 1.78. The van der Waals surface area contributed by atoms with Crippen molar-refractivity contribution >= 4 is 35.8 Å². The monoisotopic (exact) mass is 498 g/mol. The predicted molar refractivity (Wildman–Crippen MR) is 120 cm³/mol. The van der Waals surface area contributed by atoms with Gasteiger partial charge in [0, 0.05) is 46.3 Å². The lowest BCUT2D eigenvalue weighted by atomic mass is 10.3. The number of aromatic nitrogens is 2. The first-order valence-corrected chi connectivity index (χ1v) is 9.01. The Morgan fingerprint density at radius 2 is 1.79 bits per heavy atom. The van der Waals surface area contributed by atoms with E-state index in [4.69, 9.17) is 4.74 Å². The Labute approximate surface area is 182 Å². The van der Waals surface area contributed by atoms with Gasteiger partial charge in [0.15, 0.2) is 5.96 Å². The predicted octanol–water partition coefficient (Wildman–Crippen LogP) is 1.74. The first kappa shape index (κ1) is 22.0. The number of carbonyl (C=O) groups excluding carboxylic acids is 1. The van der Waals surface area contributed by atoms with Crippen LogP contribution in [0.5, 0.6) is 5.75 Å². The fourth-order valence-electron chi connectivity index (χ4n) is 3.07. The topological polar surface area (TPSA) is 75.0 Å². The van der Waals surface area contributed by atoms with Crippen LogP contribution in [-0.4, -0.2) is 71.8 Å². The number of nitrogens with zero attached hydrogens (tertiary/aromatic N) is 5. The van der Waals surface area contributed by atoms with Crippen LogP contribution in [0.4, 0.5) is 0 Å². The van der Waals surface area contributed by atoms with Crippen LogP contribution in [0.3, 0.4) is 0 Å². The van der Waals surface area contributed by atoms with Crippen LogP contribution < -0.4 is 10.1 Å². The second-order valence-corrected chi connectivity index (χ2v) is 6.34. The van der Waals surface area contributed by atoms with Gasteiger partial charge in [0.2, 0.25) is 5.91 Å². The normalized spacial score (nSPS) is 14.5. The van der Waals surface area contributed by atoms with Crippen LogP contribution in [-0.2, 0) is 11.3 Å². The van der Waals surface area contributed by atoms with Crippen molar-refractivity contribution in [1.29, 1.82) is 0 Å². The van der Waals surface area contributed by atoms with E-state index in [0.29, 0.717) is 6.54 Å². The maximum atomic E-state index is 11.5. The van der Waals surface area contributed by atoms with Gasteiger partial charge in [-0.25, -0.2) is 4.68 Å². The number of guanidine groups is 1. The average Bonchev–Trinajstić information content (AvgIpc) is 3.18. The van der Waals surface area contributed by atoms with Crippen LogP contribution >= 0.6 is 24.0 Å². The molecule has 0 aliphatic carbocycles. The Morgan fingerprint density at radius 1 is 1.14 bits per heavy atom. The van der Waals surface area contributed by atoms with Gasteiger partial charge in [0.05, 0.1) is 25.0 Å². The van der Waals surface area contributed by atoms with Gasteiger partial charge in [0.1, 0.15) is 5.75 Å². The molecule has 1 amide bonds. The van der Waals surface area contributed by atoms with Crippen LogP contribution in [0.1, 0.15) is 12.6 Å². The zero-order chi connectivity index (χ0) is 19.2. The van der Waals surface area contributed by atoms with E-state index in [-0.39, 0.29) is 29.9 Å². The number of amides is 1. The van der Waals surface area contributed by atoms with Gasteiger partial charge < -0.3 is 19.9 Å². The molecule has 1 aromatic carbocycles. The molecule has 0 radical (unpaired) electrons. The summed E-state index contributed by atoms with van der Waals surface area (Å²) < 4.78 is 7.02. The van der Waals surface area contributed by atoms with Gasteiger partial charge >= 0.3 is 0 Å². The lowest BCUT2D eigenvalue weighted by Gasteiger charge is -2.36. The highest BCUT2D eigenvalue weighted by Crippen LogP contribution is 2.14. The van der Waals surface area contributed by atoms with Crippen LogP contribution in [0.15, 0.2) is 41.5 Å². The van der Waals surface area contributed by atoms with Crippen molar-refractivity contribution in [3.8, 4) is 11.4 Å². The minimum absolute atomic E-state index is 0. The Balaban J connectivity index is 0.00000280. The van der Waals surface area contributed by atoms with Gasteiger partial charge in [-0.05, 0) is 30.3 Å². The largest absolute Gasteiger partial charge is 0.497 e. The average molecular weight is 498 g/mol. The van der Waals surface area contributed by atoms with E-state index in [1.54, 1.807) is 21.1 Å². The summed E-state index contributed by atoms with van der Waals surface area (Å²) in [4.78, 5) is 19.8. The molecule has 2 heterocycles. The molecule has 1 aromatic heterocycles. The number of rotatable bonds is 4. The van der Waals surface area contributed by atoms with Crippen molar-refractivity contribution in [2.75, 3.05) is 40.3 Å². The minimum Gasteiger partial charge on any atom is -0.497 e. The number of hydrogen-bond donors (Lipinski definition) is 1. The molecule has 1 aliphatic rings. The van der Waals surface area contributed by atoms with Gasteiger partial charge in [-0.2, -0.15) is 5.10 Å². The molecule has 3 rings (SSSR count). The third-order valence-corrected chi connectivity index (χ3v) is 4.65. The number of piperazine rings is 1. The second-order valence-electron chi connectivity index (χ2n) is 6.34. The number of ether oxygens (including phenoxy) is 1. The maximum absolute atomic E-state index is 11.5. The third kappa shape index (κ3) is 5.37. The number of hydrogen-bond acceptors (Lipinski definition) is 4. The summed E-state index contributed by atoms with van der Waals surface area (Å²) in [5.41, 5.74) is 1.90. The molecule has 28 heavy (non-hydrogen) atoms. The summed E-state index contributed by atoms with van der Waals surface area (Å²) in [6.07, 6.45) is 1.94. The Bertz CT molecular complexity index is 797. The maximum Gasteiger partial charge on any atom is 0.219 e. The smallest absolute Gasteiger partial charge is 0.219 e. The van der Waals surface area contributed by atoms with Crippen molar-refractivity contribution in [3.63, 3.8) is 0 Å². The van der Waals surface area contributed by atoms with Crippen molar-refractivity contribution in [1.82, 2.24) is 24.9 Å². The Morgan fingerprint density at radius 3 is 2.36 bits per heavy atom. The summed E-state index contributed by atoms with van der Waals surface area (Å²) >= 11 is 0. The highest BCUT2D eigenvalue weighted by atomic mass is 127. The van der Waals surface area contributed by atoms with Crippen molar-refractivity contribution in [2.45, 2.75) is 13.5 Å². The van der Waals surface area contributed by atoms with Crippen molar-refractivity contribution in [2.24, 2.45) is 4.99 Å². The van der Waals surface area contributed by atoms with Crippen LogP contribution in [0.2, 0.25) is 0 Å². The molecule has 1 aliphatic heterocycles. The molecule has 1 fully saturated rings. The second kappa shape index (κ2) is 10.3. The Kier molecular flexibility index (Phi) is 8.09. The molecule has 0 saturated carbocycles. The van der Waals surface area contributed by atoms with Gasteiger partial charge in [-0.1, -0.05) is 0 Å². The molecular weight excluding hydrogens is 471 g/mol. The Hall–Kier alpha value is -2.30. The minimum atomic E-state index is 0. The van der Waals surface area contributed by atoms with Crippen molar-refractivity contribution < 1.29 is 9.53 Å². The number of aliphatic imine (C=N–C) groups is 1. The lowest BCUT2D eigenvalue weighted by Crippen LogP contribution is -2.53. The van der Waals surface area contributed by atoms with E-state index < -0.39 is 0 Å². The standard InChI is InChI=1S/C19H26N6O2.HI/c1-15(26)23-10-12-24(13-11-23)19(20-2)21-14-16-8-9-25(22-16)17-4-6-18(27-3)7-5-17;/h4-9H,10-14H2,1-3H3,(H,20,21);1H. The van der Waals surface area contributed by atoms with E-state index in [2.05, 4.69) is 20.3 Å². The van der Waals surface area contributed by atoms with Gasteiger partial charge in [-0.15, -0.1) is 24.0 Å². The molecule has 152 valence electrons. The quantitative estimate of drug-likeness (QED) is 0.395. The first-order chi connectivity index (χ1) is 13.1. The molecule has 2 aromatic rings. The molecule has 0 unspecified atom stereocenters. The number of methoxy groups -OCH3 is 1. The molecule has 1 N–H and O–H groups in total. The molecule has 1 saturated heterocycles. The molecule has 0 atom stereocenters. The first-order valence-electron chi connectivity index (χ1n) is 9.01. The van der Waals surface area contributed by atoms with Crippen LogP contribution in [0, 0.1) is 0 Å². The molecule has 8 nitrogen and oxygen atoms in total. The molecule has 9 heteroatoms.